The number of rotatable bonds is 4. The van der Waals surface area contributed by atoms with E-state index in [-0.39, 0.29) is 5.69 Å². The number of hydrogen-bond acceptors (Lipinski definition) is 4. The maximum absolute atomic E-state index is 11.9. The molecule has 0 aromatic heterocycles. The molecule has 0 atom stereocenters. The highest BCUT2D eigenvalue weighted by molar-refractivity contribution is 7.92. The number of hydrogen-bond donors (Lipinski definition) is 1. The molecule has 0 fully saturated rings. The normalized spacial score (nSPS) is 11.7. The first-order valence-electron chi connectivity index (χ1n) is 4.45. The molecule has 9 heteroatoms. The van der Waals surface area contributed by atoms with Gasteiger partial charge in [-0.05, 0) is 12.1 Å². The number of alkyl halides is 3. The molecule has 0 radical (unpaired) electrons. The van der Waals surface area contributed by atoms with Crippen LogP contribution in [-0.4, -0.2) is 20.5 Å². The number of benzene rings is 1. The second kappa shape index (κ2) is 5.14. The van der Waals surface area contributed by atoms with Crippen molar-refractivity contribution in [1.82, 2.24) is 0 Å². The Hall–Kier alpha value is -1.95. The fraction of sp³-hybridized carbons (Fsp3) is 0.222. The van der Waals surface area contributed by atoms with E-state index in [1.165, 1.54) is 18.2 Å². The first-order valence-corrected chi connectivity index (χ1v) is 6.10. The third kappa shape index (κ3) is 4.92. The van der Waals surface area contributed by atoms with Crippen LogP contribution in [0.25, 0.3) is 0 Å². The van der Waals surface area contributed by atoms with Crippen LogP contribution in [0.1, 0.15) is 0 Å². The monoisotopic (exact) mass is 280 g/mol. The molecule has 0 bridgehead atoms. The zero-order chi connectivity index (χ0) is 13.8. The van der Waals surface area contributed by atoms with Crippen molar-refractivity contribution in [1.29, 1.82) is 5.26 Å². The first kappa shape index (κ1) is 14.1. The Morgan fingerprint density at radius 2 is 2.06 bits per heavy atom. The number of halogens is 3. The molecular weight excluding hydrogens is 273 g/mol. The molecule has 1 rings (SSSR count). The van der Waals surface area contributed by atoms with Gasteiger partial charge in [-0.1, -0.05) is 6.07 Å². The molecule has 0 amide bonds. The standard InChI is InChI=1S/C9H7F3N2O3S/c10-9(11,12)17-8-3-1-2-7(6-8)14-18(15,16)5-4-13/h1-3,6,14H,5H2. The van der Waals surface area contributed by atoms with Crippen molar-refractivity contribution < 1.29 is 26.3 Å². The van der Waals surface area contributed by atoms with Crippen LogP contribution in [0.2, 0.25) is 0 Å². The second-order valence-corrected chi connectivity index (χ2v) is 4.82. The first-order chi connectivity index (χ1) is 8.22. The maximum atomic E-state index is 11.9. The van der Waals surface area contributed by atoms with E-state index in [1.54, 1.807) is 0 Å². The average molecular weight is 280 g/mol. The number of nitriles is 1. The summed E-state index contributed by atoms with van der Waals surface area (Å²) in [6.45, 7) is 0. The van der Waals surface area contributed by atoms with Crippen LogP contribution in [0.4, 0.5) is 18.9 Å². The molecule has 0 aliphatic rings. The summed E-state index contributed by atoms with van der Waals surface area (Å²) in [4.78, 5) is 0. The molecule has 0 spiro atoms. The number of anilines is 1. The van der Waals surface area contributed by atoms with E-state index >= 15 is 0 Å². The van der Waals surface area contributed by atoms with E-state index in [2.05, 4.69) is 4.74 Å². The van der Waals surface area contributed by atoms with E-state index in [0.29, 0.717) is 0 Å². The summed E-state index contributed by atoms with van der Waals surface area (Å²) in [6.07, 6.45) is -4.86. The molecule has 1 aromatic carbocycles. The van der Waals surface area contributed by atoms with E-state index in [4.69, 9.17) is 5.26 Å². The molecule has 5 nitrogen and oxygen atoms in total. The highest BCUT2D eigenvalue weighted by Gasteiger charge is 2.31. The second-order valence-electron chi connectivity index (χ2n) is 3.09. The molecule has 0 unspecified atom stereocenters. The highest BCUT2D eigenvalue weighted by atomic mass is 32.2. The van der Waals surface area contributed by atoms with Crippen LogP contribution in [0.3, 0.4) is 0 Å². The smallest absolute Gasteiger partial charge is 0.406 e. The Bertz CT molecular complexity index is 563. The lowest BCUT2D eigenvalue weighted by molar-refractivity contribution is -0.274. The van der Waals surface area contributed by atoms with Crippen molar-refractivity contribution in [3.8, 4) is 11.8 Å². The van der Waals surface area contributed by atoms with Crippen molar-refractivity contribution in [2.75, 3.05) is 10.5 Å². The SMILES string of the molecule is N#CCS(=O)(=O)Nc1cccc(OC(F)(F)F)c1. The highest BCUT2D eigenvalue weighted by Crippen LogP contribution is 2.25. The van der Waals surface area contributed by atoms with Crippen molar-refractivity contribution in [3.63, 3.8) is 0 Å². The summed E-state index contributed by atoms with van der Waals surface area (Å²) in [5.41, 5.74) is -0.119. The molecular formula is C9H7F3N2O3S. The molecule has 18 heavy (non-hydrogen) atoms. The third-order valence-corrected chi connectivity index (χ3v) is 2.65. The van der Waals surface area contributed by atoms with Gasteiger partial charge in [-0.3, -0.25) is 4.72 Å². The van der Waals surface area contributed by atoms with Crippen molar-refractivity contribution >= 4 is 15.7 Å². The van der Waals surface area contributed by atoms with Crippen LogP contribution < -0.4 is 9.46 Å². The van der Waals surface area contributed by atoms with Gasteiger partial charge in [0.1, 0.15) is 5.75 Å². The molecule has 98 valence electrons. The van der Waals surface area contributed by atoms with Crippen LogP contribution in [0.5, 0.6) is 5.75 Å². The van der Waals surface area contributed by atoms with E-state index in [1.807, 2.05) is 4.72 Å². The predicted octanol–water partition coefficient (Wildman–Crippen LogP) is 1.85. The molecule has 0 saturated carbocycles. The minimum Gasteiger partial charge on any atom is -0.406 e. The van der Waals surface area contributed by atoms with Crippen LogP contribution >= 0.6 is 0 Å². The lowest BCUT2D eigenvalue weighted by atomic mass is 10.3. The summed E-state index contributed by atoms with van der Waals surface area (Å²) >= 11 is 0. The summed E-state index contributed by atoms with van der Waals surface area (Å²) in [5.74, 6) is -1.35. The van der Waals surface area contributed by atoms with E-state index in [0.717, 1.165) is 12.1 Å². The molecule has 0 aliphatic heterocycles. The van der Waals surface area contributed by atoms with Gasteiger partial charge in [0.2, 0.25) is 10.0 Å². The maximum Gasteiger partial charge on any atom is 0.573 e. The number of ether oxygens (including phenoxy) is 1. The van der Waals surface area contributed by atoms with Gasteiger partial charge in [-0.25, -0.2) is 8.42 Å². The number of nitrogens with one attached hydrogen (secondary N) is 1. The predicted molar refractivity (Wildman–Crippen MR) is 56.1 cm³/mol. The number of nitrogens with zero attached hydrogens (tertiary/aromatic N) is 1. The van der Waals surface area contributed by atoms with Crippen molar-refractivity contribution in [2.24, 2.45) is 0 Å². The Labute approximate surface area is 101 Å². The summed E-state index contributed by atoms with van der Waals surface area (Å²) in [5, 5.41) is 8.24. The summed E-state index contributed by atoms with van der Waals surface area (Å²) in [6, 6.07) is 5.73. The summed E-state index contributed by atoms with van der Waals surface area (Å²) < 4.78 is 63.7. The lowest BCUT2D eigenvalue weighted by Gasteiger charge is -2.10. The Morgan fingerprint density at radius 1 is 1.39 bits per heavy atom. The van der Waals surface area contributed by atoms with Crippen LogP contribution in [0, 0.1) is 11.3 Å². The van der Waals surface area contributed by atoms with Gasteiger partial charge in [0.15, 0.2) is 5.75 Å². The Balaban J connectivity index is 2.87. The van der Waals surface area contributed by atoms with Gasteiger partial charge >= 0.3 is 6.36 Å². The molecule has 1 aromatic rings. The van der Waals surface area contributed by atoms with Crippen LogP contribution in [-0.2, 0) is 10.0 Å². The molecule has 0 aliphatic carbocycles. The van der Waals surface area contributed by atoms with Crippen molar-refractivity contribution in [3.05, 3.63) is 24.3 Å². The molecule has 1 N–H and O–H groups in total. The van der Waals surface area contributed by atoms with E-state index < -0.39 is 27.9 Å². The largest absolute Gasteiger partial charge is 0.573 e. The Morgan fingerprint density at radius 3 is 2.61 bits per heavy atom. The minimum atomic E-state index is -4.86. The quantitative estimate of drug-likeness (QED) is 0.912. The third-order valence-electron chi connectivity index (χ3n) is 1.60. The van der Waals surface area contributed by atoms with Gasteiger partial charge in [-0.15, -0.1) is 13.2 Å². The topological polar surface area (TPSA) is 79.2 Å². The van der Waals surface area contributed by atoms with E-state index in [9.17, 15) is 21.6 Å². The van der Waals surface area contributed by atoms with Gasteiger partial charge in [-0.2, -0.15) is 5.26 Å². The zero-order valence-corrected chi connectivity index (χ0v) is 9.55. The molecule has 0 saturated heterocycles. The van der Waals surface area contributed by atoms with Gasteiger partial charge in [0, 0.05) is 6.07 Å². The fourth-order valence-electron chi connectivity index (χ4n) is 1.06. The van der Waals surface area contributed by atoms with Gasteiger partial charge in [0.25, 0.3) is 0 Å². The van der Waals surface area contributed by atoms with Gasteiger partial charge in [0.05, 0.1) is 11.8 Å². The fourth-order valence-corrected chi connectivity index (χ4v) is 1.79. The molecule has 0 heterocycles. The lowest BCUT2D eigenvalue weighted by Crippen LogP contribution is -2.18. The average Bonchev–Trinajstić information content (AvgIpc) is 2.13. The Kier molecular flexibility index (Phi) is 4.03. The van der Waals surface area contributed by atoms with Crippen molar-refractivity contribution in [2.45, 2.75) is 6.36 Å². The minimum absolute atomic E-state index is 0.119. The zero-order valence-electron chi connectivity index (χ0n) is 8.73. The van der Waals surface area contributed by atoms with Crippen LogP contribution in [0.15, 0.2) is 24.3 Å². The summed E-state index contributed by atoms with van der Waals surface area (Å²) in [7, 11) is -3.89. The number of sulfonamides is 1. The van der Waals surface area contributed by atoms with Gasteiger partial charge < -0.3 is 4.74 Å².